The van der Waals surface area contributed by atoms with Gasteiger partial charge in [0, 0.05) is 12.2 Å². The number of hydrogen-bond acceptors (Lipinski definition) is 5. The van der Waals surface area contributed by atoms with Crippen molar-refractivity contribution in [1.29, 1.82) is 0 Å². The molecule has 0 bridgehead atoms. The molecule has 6 nitrogen and oxygen atoms in total. The summed E-state index contributed by atoms with van der Waals surface area (Å²) in [4.78, 5) is 0.0506. The third kappa shape index (κ3) is 4.38. The highest BCUT2D eigenvalue weighted by molar-refractivity contribution is 7.89. The Labute approximate surface area is 114 Å². The van der Waals surface area contributed by atoms with Crippen LogP contribution in [0.1, 0.15) is 19.8 Å². The third-order valence-corrected chi connectivity index (χ3v) is 4.22. The van der Waals surface area contributed by atoms with Crippen molar-refractivity contribution in [2.75, 3.05) is 24.6 Å². The highest BCUT2D eigenvalue weighted by Gasteiger charge is 2.15. The number of aliphatic hydroxyl groups excluding tert-OH is 1. The largest absolute Gasteiger partial charge is 0.398 e. The molecule has 0 aromatic heterocycles. The minimum atomic E-state index is -3.54. The van der Waals surface area contributed by atoms with Crippen LogP contribution in [0.25, 0.3) is 0 Å². The van der Waals surface area contributed by atoms with E-state index in [2.05, 4.69) is 10.0 Å². The zero-order valence-corrected chi connectivity index (χ0v) is 12.0. The van der Waals surface area contributed by atoms with E-state index >= 15 is 0 Å². The van der Waals surface area contributed by atoms with Crippen LogP contribution >= 0.6 is 0 Å². The second-order valence-electron chi connectivity index (χ2n) is 4.28. The summed E-state index contributed by atoms with van der Waals surface area (Å²) in [5.74, 6) is 0. The Morgan fingerprint density at radius 3 is 2.63 bits per heavy atom. The van der Waals surface area contributed by atoms with Crippen molar-refractivity contribution in [2.45, 2.75) is 30.8 Å². The Morgan fingerprint density at radius 2 is 2.11 bits per heavy atom. The van der Waals surface area contributed by atoms with Gasteiger partial charge in [0.05, 0.1) is 11.8 Å². The van der Waals surface area contributed by atoms with Crippen LogP contribution in [-0.2, 0) is 10.0 Å². The molecule has 1 aromatic rings. The van der Waals surface area contributed by atoms with Gasteiger partial charge in [0.15, 0.2) is 0 Å². The van der Waals surface area contributed by atoms with E-state index in [1.165, 1.54) is 13.1 Å². The van der Waals surface area contributed by atoms with Gasteiger partial charge >= 0.3 is 0 Å². The molecule has 1 aromatic carbocycles. The Bertz CT molecular complexity index is 517. The first-order valence-corrected chi connectivity index (χ1v) is 7.64. The third-order valence-electron chi connectivity index (χ3n) is 2.73. The topological polar surface area (TPSA) is 104 Å². The van der Waals surface area contributed by atoms with Crippen LogP contribution in [0.4, 0.5) is 11.4 Å². The van der Waals surface area contributed by atoms with Crippen molar-refractivity contribution in [3.8, 4) is 0 Å². The smallest absolute Gasteiger partial charge is 0.242 e. The molecule has 0 spiro atoms. The van der Waals surface area contributed by atoms with Gasteiger partial charge in [0.1, 0.15) is 4.90 Å². The maximum absolute atomic E-state index is 11.6. The van der Waals surface area contributed by atoms with Crippen LogP contribution in [0.3, 0.4) is 0 Å². The number of rotatable bonds is 7. The van der Waals surface area contributed by atoms with Gasteiger partial charge in [-0.15, -0.1) is 0 Å². The maximum Gasteiger partial charge on any atom is 0.242 e. The first-order valence-electron chi connectivity index (χ1n) is 6.15. The van der Waals surface area contributed by atoms with Crippen LogP contribution in [0, 0.1) is 0 Å². The van der Waals surface area contributed by atoms with Gasteiger partial charge < -0.3 is 16.2 Å². The van der Waals surface area contributed by atoms with Crippen molar-refractivity contribution in [3.05, 3.63) is 18.2 Å². The first kappa shape index (κ1) is 15.7. The molecule has 0 amide bonds. The van der Waals surface area contributed by atoms with E-state index in [1.54, 1.807) is 12.1 Å². The monoisotopic (exact) mass is 287 g/mol. The summed E-state index contributed by atoms with van der Waals surface area (Å²) in [6.45, 7) is 2.41. The summed E-state index contributed by atoms with van der Waals surface area (Å²) in [7, 11) is -2.20. The normalized spacial score (nSPS) is 13.2. The maximum atomic E-state index is 11.6. The fraction of sp³-hybridized carbons (Fsp3) is 0.500. The molecule has 19 heavy (non-hydrogen) atoms. The molecule has 0 fully saturated rings. The number of nitrogens with two attached hydrogens (primary N) is 1. The molecule has 0 aliphatic carbocycles. The zero-order chi connectivity index (χ0) is 14.5. The lowest BCUT2D eigenvalue weighted by molar-refractivity contribution is 0.176. The molecular formula is C12H21N3O3S. The van der Waals surface area contributed by atoms with Crippen LogP contribution in [-0.4, -0.2) is 33.2 Å². The molecule has 0 aliphatic rings. The lowest BCUT2D eigenvalue weighted by Gasteiger charge is -2.13. The van der Waals surface area contributed by atoms with Gasteiger partial charge in [0.2, 0.25) is 10.0 Å². The molecular weight excluding hydrogens is 266 g/mol. The van der Waals surface area contributed by atoms with Crippen LogP contribution in [0.2, 0.25) is 0 Å². The van der Waals surface area contributed by atoms with E-state index in [0.29, 0.717) is 18.7 Å². The number of benzene rings is 1. The molecule has 0 saturated carbocycles. The number of hydrogen-bond donors (Lipinski definition) is 4. The van der Waals surface area contributed by atoms with Crippen LogP contribution in [0.5, 0.6) is 0 Å². The van der Waals surface area contributed by atoms with Gasteiger partial charge in [-0.3, -0.25) is 0 Å². The van der Waals surface area contributed by atoms with Gasteiger partial charge in [0.25, 0.3) is 0 Å². The van der Waals surface area contributed by atoms with Gasteiger partial charge in [-0.1, -0.05) is 13.3 Å². The predicted octanol–water partition coefficient (Wildman–Crippen LogP) is 0.750. The quantitative estimate of drug-likeness (QED) is 0.554. The van der Waals surface area contributed by atoms with E-state index < -0.39 is 16.1 Å². The second-order valence-corrected chi connectivity index (χ2v) is 6.14. The van der Waals surface area contributed by atoms with Gasteiger partial charge in [-0.25, -0.2) is 13.1 Å². The molecule has 1 rings (SSSR count). The van der Waals surface area contributed by atoms with Gasteiger partial charge in [-0.05, 0) is 31.7 Å². The minimum Gasteiger partial charge on any atom is -0.398 e. The lowest BCUT2D eigenvalue weighted by Crippen LogP contribution is -2.21. The molecule has 108 valence electrons. The Hall–Kier alpha value is -1.31. The molecule has 0 radical (unpaired) electrons. The van der Waals surface area contributed by atoms with E-state index in [0.717, 1.165) is 6.42 Å². The van der Waals surface area contributed by atoms with E-state index in [1.807, 2.05) is 6.92 Å². The van der Waals surface area contributed by atoms with E-state index in [-0.39, 0.29) is 10.6 Å². The average Bonchev–Trinajstić information content (AvgIpc) is 2.36. The number of nitrogens with one attached hydrogen (secondary N) is 2. The number of sulfonamides is 1. The van der Waals surface area contributed by atoms with Crippen molar-refractivity contribution in [2.24, 2.45) is 0 Å². The van der Waals surface area contributed by atoms with Crippen LogP contribution < -0.4 is 15.8 Å². The first-order chi connectivity index (χ1) is 8.90. The van der Waals surface area contributed by atoms with Crippen molar-refractivity contribution >= 4 is 21.4 Å². The predicted molar refractivity (Wildman–Crippen MR) is 76.5 cm³/mol. The highest BCUT2D eigenvalue weighted by Crippen LogP contribution is 2.22. The fourth-order valence-electron chi connectivity index (χ4n) is 1.68. The number of aliphatic hydroxyl groups is 1. The van der Waals surface area contributed by atoms with Crippen molar-refractivity contribution in [3.63, 3.8) is 0 Å². The van der Waals surface area contributed by atoms with Crippen molar-refractivity contribution in [1.82, 2.24) is 4.72 Å². The molecule has 0 heterocycles. The summed E-state index contributed by atoms with van der Waals surface area (Å²) >= 11 is 0. The lowest BCUT2D eigenvalue weighted by atomic mass is 10.2. The second kappa shape index (κ2) is 6.74. The molecule has 1 unspecified atom stereocenters. The Morgan fingerprint density at radius 1 is 1.42 bits per heavy atom. The average molecular weight is 287 g/mol. The fourth-order valence-corrected chi connectivity index (χ4v) is 2.52. The SMILES string of the molecule is CCCC(O)CNc1ccc(S(=O)(=O)NC)c(N)c1. The zero-order valence-electron chi connectivity index (χ0n) is 11.2. The molecule has 1 atom stereocenters. The Kier molecular flexibility index (Phi) is 5.59. The summed E-state index contributed by atoms with van der Waals surface area (Å²) in [6.07, 6.45) is 1.20. The highest BCUT2D eigenvalue weighted by atomic mass is 32.2. The number of nitrogen functional groups attached to an aromatic ring is 1. The Balaban J connectivity index is 2.78. The summed E-state index contributed by atoms with van der Waals surface area (Å²) < 4.78 is 25.5. The molecule has 0 saturated heterocycles. The summed E-state index contributed by atoms with van der Waals surface area (Å²) in [5, 5.41) is 12.6. The van der Waals surface area contributed by atoms with E-state index in [9.17, 15) is 13.5 Å². The standard InChI is InChI=1S/C12H21N3O3S/c1-3-4-10(16)8-15-9-5-6-12(11(13)7-9)19(17,18)14-2/h5-7,10,14-16H,3-4,8,13H2,1-2H3. The molecule has 7 heteroatoms. The summed E-state index contributed by atoms with van der Waals surface area (Å²) in [5.41, 5.74) is 6.58. The van der Waals surface area contributed by atoms with Gasteiger partial charge in [-0.2, -0.15) is 0 Å². The van der Waals surface area contributed by atoms with Crippen LogP contribution in [0.15, 0.2) is 23.1 Å². The molecule has 5 N–H and O–H groups in total. The van der Waals surface area contributed by atoms with E-state index in [4.69, 9.17) is 5.73 Å². The summed E-state index contributed by atoms with van der Waals surface area (Å²) in [6, 6.07) is 4.61. The number of anilines is 2. The van der Waals surface area contributed by atoms with Crippen molar-refractivity contribution < 1.29 is 13.5 Å². The minimum absolute atomic E-state index is 0.0506. The molecule has 0 aliphatic heterocycles.